The quantitative estimate of drug-likeness (QED) is 0.396. The number of aromatic nitrogens is 1. The number of aliphatic imine (C=N–C) groups is 1. The Balaban J connectivity index is 0.00000312. The van der Waals surface area contributed by atoms with E-state index in [4.69, 9.17) is 4.42 Å². The van der Waals surface area contributed by atoms with Crippen LogP contribution in [0.5, 0.6) is 0 Å². The van der Waals surface area contributed by atoms with E-state index in [-0.39, 0.29) is 24.0 Å². The molecule has 6 nitrogen and oxygen atoms in total. The normalized spacial score (nSPS) is 11.0. The Kier molecular flexibility index (Phi) is 8.74. The van der Waals surface area contributed by atoms with Crippen LogP contribution in [-0.4, -0.2) is 31.6 Å². The van der Waals surface area contributed by atoms with Crippen molar-refractivity contribution in [2.24, 2.45) is 4.99 Å². The largest absolute Gasteiger partial charge is 0.444 e. The molecule has 0 spiro atoms. The second kappa shape index (κ2) is 10.3. The summed E-state index contributed by atoms with van der Waals surface area (Å²) in [6.45, 7) is 7.84. The lowest BCUT2D eigenvalue weighted by molar-refractivity contribution is 0.463. The molecule has 0 unspecified atom stereocenters. The molecule has 138 valence electrons. The van der Waals surface area contributed by atoms with Gasteiger partial charge in [0.05, 0.1) is 18.8 Å². The molecule has 1 heterocycles. The van der Waals surface area contributed by atoms with Gasteiger partial charge in [-0.05, 0) is 38.5 Å². The van der Waals surface area contributed by atoms with Crippen LogP contribution in [0.1, 0.15) is 29.8 Å². The number of halogens is 1. The predicted octanol–water partition coefficient (Wildman–Crippen LogP) is 3.23. The number of hydrogen-bond acceptors (Lipinski definition) is 4. The van der Waals surface area contributed by atoms with Gasteiger partial charge in [-0.2, -0.15) is 0 Å². The summed E-state index contributed by atoms with van der Waals surface area (Å²) in [6.07, 6.45) is 0. The second-order valence-electron chi connectivity index (χ2n) is 5.86. The molecule has 0 radical (unpaired) electrons. The van der Waals surface area contributed by atoms with Crippen molar-refractivity contribution in [2.45, 2.75) is 33.9 Å². The van der Waals surface area contributed by atoms with Crippen LogP contribution in [0.15, 0.2) is 33.7 Å². The Morgan fingerprint density at radius 3 is 2.36 bits per heavy atom. The standard InChI is InChI=1S/C18H27N5O.HI/c1-6-19-18(21-12-17-22-13(2)14(3)24-17)20-11-15-7-9-16(10-8-15)23(4)5;/h7-10H,6,11-12H2,1-5H3,(H2,19,20,21);1H. The van der Waals surface area contributed by atoms with Crippen molar-refractivity contribution in [3.05, 3.63) is 47.2 Å². The van der Waals surface area contributed by atoms with E-state index in [0.29, 0.717) is 19.0 Å². The number of benzene rings is 1. The molecule has 2 aromatic rings. The van der Waals surface area contributed by atoms with Crippen molar-refractivity contribution in [3.8, 4) is 0 Å². The van der Waals surface area contributed by atoms with Crippen LogP contribution >= 0.6 is 24.0 Å². The molecule has 7 heteroatoms. The minimum atomic E-state index is 0. The van der Waals surface area contributed by atoms with Crippen molar-refractivity contribution in [1.29, 1.82) is 0 Å². The molecule has 0 saturated heterocycles. The van der Waals surface area contributed by atoms with Crippen LogP contribution in [0.25, 0.3) is 0 Å². The first-order valence-electron chi connectivity index (χ1n) is 8.21. The summed E-state index contributed by atoms with van der Waals surface area (Å²) < 4.78 is 5.58. The maximum absolute atomic E-state index is 5.58. The molecular weight excluding hydrogens is 429 g/mol. The third kappa shape index (κ3) is 6.56. The smallest absolute Gasteiger partial charge is 0.214 e. The number of oxazole rings is 1. The number of anilines is 1. The monoisotopic (exact) mass is 457 g/mol. The molecule has 2 N–H and O–H groups in total. The van der Waals surface area contributed by atoms with Crippen molar-refractivity contribution in [3.63, 3.8) is 0 Å². The van der Waals surface area contributed by atoms with Gasteiger partial charge in [-0.25, -0.2) is 9.98 Å². The second-order valence-corrected chi connectivity index (χ2v) is 5.86. The fourth-order valence-electron chi connectivity index (χ4n) is 2.19. The molecular formula is C18H28IN5O. The molecule has 0 saturated carbocycles. The fraction of sp³-hybridized carbons (Fsp3) is 0.444. The van der Waals surface area contributed by atoms with E-state index < -0.39 is 0 Å². The Bertz CT molecular complexity index is 660. The molecule has 0 fully saturated rings. The van der Waals surface area contributed by atoms with Crippen molar-refractivity contribution in [2.75, 3.05) is 25.5 Å². The summed E-state index contributed by atoms with van der Waals surface area (Å²) in [5.41, 5.74) is 3.28. The average Bonchev–Trinajstić information content (AvgIpc) is 2.88. The molecule has 25 heavy (non-hydrogen) atoms. The van der Waals surface area contributed by atoms with E-state index in [9.17, 15) is 0 Å². The number of nitrogens with zero attached hydrogens (tertiary/aromatic N) is 3. The van der Waals surface area contributed by atoms with Gasteiger partial charge < -0.3 is 20.0 Å². The molecule has 0 aliphatic rings. The van der Waals surface area contributed by atoms with Crippen LogP contribution in [0, 0.1) is 13.8 Å². The summed E-state index contributed by atoms with van der Waals surface area (Å²) in [4.78, 5) is 11.1. The van der Waals surface area contributed by atoms with Gasteiger partial charge in [-0.1, -0.05) is 12.1 Å². The number of rotatable bonds is 6. The Labute approximate surface area is 167 Å². The Morgan fingerprint density at radius 2 is 1.84 bits per heavy atom. The van der Waals surface area contributed by atoms with E-state index in [1.54, 1.807) is 0 Å². The van der Waals surface area contributed by atoms with Gasteiger partial charge in [0.15, 0.2) is 5.96 Å². The number of guanidine groups is 1. The first-order valence-corrected chi connectivity index (χ1v) is 8.21. The van der Waals surface area contributed by atoms with Gasteiger partial charge in [0.25, 0.3) is 0 Å². The van der Waals surface area contributed by atoms with E-state index in [0.717, 1.165) is 24.0 Å². The fourth-order valence-corrected chi connectivity index (χ4v) is 2.19. The summed E-state index contributed by atoms with van der Waals surface area (Å²) >= 11 is 0. The van der Waals surface area contributed by atoms with Gasteiger partial charge in [0.2, 0.25) is 5.89 Å². The molecule has 1 aromatic carbocycles. The zero-order valence-electron chi connectivity index (χ0n) is 15.6. The minimum absolute atomic E-state index is 0. The van der Waals surface area contributed by atoms with Gasteiger partial charge >= 0.3 is 0 Å². The van der Waals surface area contributed by atoms with E-state index in [2.05, 4.69) is 49.8 Å². The maximum atomic E-state index is 5.58. The van der Waals surface area contributed by atoms with Crippen LogP contribution < -0.4 is 15.5 Å². The molecule has 0 amide bonds. The van der Waals surface area contributed by atoms with Gasteiger partial charge in [0.1, 0.15) is 5.76 Å². The summed E-state index contributed by atoms with van der Waals surface area (Å²) in [7, 11) is 4.07. The highest BCUT2D eigenvalue weighted by molar-refractivity contribution is 14.0. The molecule has 0 aliphatic heterocycles. The zero-order valence-corrected chi connectivity index (χ0v) is 17.9. The Hall–Kier alpha value is -1.77. The SMILES string of the molecule is CCNC(=NCc1ccc(N(C)C)cc1)NCc1nc(C)c(C)o1.I. The number of hydrogen-bond donors (Lipinski definition) is 2. The van der Waals surface area contributed by atoms with Crippen molar-refractivity contribution in [1.82, 2.24) is 15.6 Å². The third-order valence-corrected chi connectivity index (χ3v) is 3.70. The van der Waals surface area contributed by atoms with Gasteiger partial charge in [-0.15, -0.1) is 24.0 Å². The maximum Gasteiger partial charge on any atom is 0.214 e. The lowest BCUT2D eigenvalue weighted by atomic mass is 10.2. The zero-order chi connectivity index (χ0) is 17.5. The topological polar surface area (TPSA) is 65.7 Å². The molecule has 0 atom stereocenters. The van der Waals surface area contributed by atoms with Crippen molar-refractivity contribution < 1.29 is 4.42 Å². The summed E-state index contributed by atoms with van der Waals surface area (Å²) in [5, 5.41) is 6.49. The van der Waals surface area contributed by atoms with Crippen LogP contribution in [0.3, 0.4) is 0 Å². The average molecular weight is 457 g/mol. The number of aryl methyl sites for hydroxylation is 2. The highest BCUT2D eigenvalue weighted by Crippen LogP contribution is 2.12. The lowest BCUT2D eigenvalue weighted by Crippen LogP contribution is -2.36. The molecule has 0 bridgehead atoms. The first kappa shape index (κ1) is 21.3. The Morgan fingerprint density at radius 1 is 1.16 bits per heavy atom. The van der Waals surface area contributed by atoms with Gasteiger partial charge in [-0.3, -0.25) is 0 Å². The highest BCUT2D eigenvalue weighted by Gasteiger charge is 2.06. The molecule has 2 rings (SSSR count). The van der Waals surface area contributed by atoms with Crippen molar-refractivity contribution >= 4 is 35.6 Å². The predicted molar refractivity (Wildman–Crippen MR) is 114 cm³/mol. The first-order chi connectivity index (χ1) is 11.5. The van der Waals surface area contributed by atoms with E-state index in [1.165, 1.54) is 11.3 Å². The number of nitrogens with one attached hydrogen (secondary N) is 2. The molecule has 0 aliphatic carbocycles. The minimum Gasteiger partial charge on any atom is -0.444 e. The summed E-state index contributed by atoms with van der Waals surface area (Å²) in [5.74, 6) is 2.28. The highest BCUT2D eigenvalue weighted by atomic mass is 127. The van der Waals surface area contributed by atoms with Crippen LogP contribution in [0.2, 0.25) is 0 Å². The molecule has 1 aromatic heterocycles. The van der Waals surface area contributed by atoms with E-state index in [1.807, 2.05) is 34.9 Å². The third-order valence-electron chi connectivity index (χ3n) is 3.70. The van der Waals surface area contributed by atoms with Crippen LogP contribution in [0.4, 0.5) is 5.69 Å². The summed E-state index contributed by atoms with van der Waals surface area (Å²) in [6, 6.07) is 8.40. The van der Waals surface area contributed by atoms with Gasteiger partial charge in [0, 0.05) is 26.3 Å². The lowest BCUT2D eigenvalue weighted by Gasteiger charge is -2.13. The van der Waals surface area contributed by atoms with Crippen LogP contribution in [-0.2, 0) is 13.1 Å². The van der Waals surface area contributed by atoms with E-state index >= 15 is 0 Å².